The van der Waals surface area contributed by atoms with E-state index < -0.39 is 5.41 Å². The first-order valence-corrected chi connectivity index (χ1v) is 4.45. The van der Waals surface area contributed by atoms with Crippen molar-refractivity contribution in [3.8, 4) is 6.07 Å². The van der Waals surface area contributed by atoms with Crippen molar-refractivity contribution in [2.75, 3.05) is 0 Å². The van der Waals surface area contributed by atoms with Crippen LogP contribution in [0.5, 0.6) is 0 Å². The zero-order chi connectivity index (χ0) is 9.31. The van der Waals surface area contributed by atoms with Gasteiger partial charge in [0.2, 0.25) is 0 Å². The minimum Gasteiger partial charge on any atom is -0.207 e. The average Bonchev–Trinajstić information content (AvgIpc) is 2.07. The quantitative estimate of drug-likeness (QED) is 0.643. The van der Waals surface area contributed by atoms with Crippen molar-refractivity contribution in [3.63, 3.8) is 0 Å². The van der Waals surface area contributed by atoms with Gasteiger partial charge in [-0.3, -0.25) is 0 Å². The van der Waals surface area contributed by atoms with Gasteiger partial charge in [-0.2, -0.15) is 5.26 Å². The molecule has 0 heterocycles. The van der Waals surface area contributed by atoms with E-state index in [2.05, 4.69) is 6.07 Å². The number of hydrogen-bond acceptors (Lipinski definition) is 1. The SMILES string of the molecule is N#CC1(c2ccccc2F)CCC1. The number of rotatable bonds is 1. The highest BCUT2D eigenvalue weighted by Gasteiger charge is 2.40. The molecule has 13 heavy (non-hydrogen) atoms. The highest BCUT2D eigenvalue weighted by Crippen LogP contribution is 2.43. The van der Waals surface area contributed by atoms with Gasteiger partial charge in [0, 0.05) is 5.56 Å². The summed E-state index contributed by atoms with van der Waals surface area (Å²) in [4.78, 5) is 0. The van der Waals surface area contributed by atoms with Gasteiger partial charge in [0.1, 0.15) is 5.82 Å². The summed E-state index contributed by atoms with van der Waals surface area (Å²) in [6.45, 7) is 0. The number of halogens is 1. The minimum atomic E-state index is -0.522. The molecule has 1 fully saturated rings. The lowest BCUT2D eigenvalue weighted by Gasteiger charge is -2.35. The lowest BCUT2D eigenvalue weighted by molar-refractivity contribution is 0.313. The van der Waals surface area contributed by atoms with Crippen molar-refractivity contribution >= 4 is 0 Å². The first-order valence-electron chi connectivity index (χ1n) is 4.45. The van der Waals surface area contributed by atoms with Crippen LogP contribution in [-0.2, 0) is 5.41 Å². The third kappa shape index (κ3) is 1.12. The molecule has 1 aromatic rings. The molecule has 1 nitrogen and oxygen atoms in total. The van der Waals surface area contributed by atoms with E-state index in [1.165, 1.54) is 6.07 Å². The lowest BCUT2D eigenvalue weighted by atomic mass is 9.65. The Labute approximate surface area is 76.8 Å². The Bertz CT molecular complexity index is 361. The fourth-order valence-corrected chi connectivity index (χ4v) is 1.82. The maximum absolute atomic E-state index is 13.3. The van der Waals surface area contributed by atoms with Crippen molar-refractivity contribution in [2.24, 2.45) is 0 Å². The zero-order valence-corrected chi connectivity index (χ0v) is 7.26. The summed E-state index contributed by atoms with van der Waals surface area (Å²) in [5, 5.41) is 9.00. The molecule has 0 aliphatic heterocycles. The summed E-state index contributed by atoms with van der Waals surface area (Å²) < 4.78 is 13.3. The van der Waals surface area contributed by atoms with Crippen molar-refractivity contribution in [2.45, 2.75) is 24.7 Å². The van der Waals surface area contributed by atoms with Crippen LogP contribution in [0.3, 0.4) is 0 Å². The molecular weight excluding hydrogens is 165 g/mol. The number of hydrogen-bond donors (Lipinski definition) is 0. The van der Waals surface area contributed by atoms with Gasteiger partial charge in [0.05, 0.1) is 11.5 Å². The molecule has 1 aromatic carbocycles. The second-order valence-electron chi connectivity index (χ2n) is 3.53. The molecule has 66 valence electrons. The summed E-state index contributed by atoms with van der Waals surface area (Å²) in [6.07, 6.45) is 2.62. The van der Waals surface area contributed by atoms with Gasteiger partial charge in [-0.25, -0.2) is 4.39 Å². The predicted octanol–water partition coefficient (Wildman–Crippen LogP) is 2.77. The third-order valence-electron chi connectivity index (χ3n) is 2.81. The van der Waals surface area contributed by atoms with Gasteiger partial charge in [0.25, 0.3) is 0 Å². The monoisotopic (exact) mass is 175 g/mol. The first kappa shape index (κ1) is 8.25. The van der Waals surface area contributed by atoms with E-state index in [1.54, 1.807) is 18.2 Å². The Morgan fingerprint density at radius 1 is 1.31 bits per heavy atom. The molecular formula is C11H10FN. The summed E-state index contributed by atoms with van der Waals surface area (Å²) in [6, 6.07) is 8.82. The molecule has 0 aromatic heterocycles. The Balaban J connectivity index is 2.46. The van der Waals surface area contributed by atoms with Crippen LogP contribution in [0.15, 0.2) is 24.3 Å². The van der Waals surface area contributed by atoms with E-state index in [9.17, 15) is 4.39 Å². The average molecular weight is 175 g/mol. The summed E-state index contributed by atoms with van der Waals surface area (Å²) in [5.74, 6) is -0.247. The smallest absolute Gasteiger partial charge is 0.128 e. The number of benzene rings is 1. The van der Waals surface area contributed by atoms with Gasteiger partial charge in [-0.05, 0) is 25.3 Å². The standard InChI is InChI=1S/C11H10FN/c12-10-5-2-1-4-9(10)11(8-13)6-3-7-11/h1-2,4-5H,3,6-7H2. The third-order valence-corrected chi connectivity index (χ3v) is 2.81. The van der Waals surface area contributed by atoms with Crippen molar-refractivity contribution in [1.29, 1.82) is 5.26 Å². The largest absolute Gasteiger partial charge is 0.207 e. The van der Waals surface area contributed by atoms with Gasteiger partial charge >= 0.3 is 0 Å². The molecule has 0 amide bonds. The van der Waals surface area contributed by atoms with E-state index in [0.29, 0.717) is 5.56 Å². The molecule has 0 radical (unpaired) electrons. The highest BCUT2D eigenvalue weighted by molar-refractivity contribution is 5.36. The van der Waals surface area contributed by atoms with E-state index in [-0.39, 0.29) is 5.82 Å². The van der Waals surface area contributed by atoms with Crippen molar-refractivity contribution < 1.29 is 4.39 Å². The fourth-order valence-electron chi connectivity index (χ4n) is 1.82. The second-order valence-corrected chi connectivity index (χ2v) is 3.53. The Kier molecular flexibility index (Phi) is 1.81. The van der Waals surface area contributed by atoms with E-state index in [1.807, 2.05) is 0 Å². The molecule has 1 aliphatic carbocycles. The highest BCUT2D eigenvalue weighted by atomic mass is 19.1. The van der Waals surface area contributed by atoms with Gasteiger partial charge in [0.15, 0.2) is 0 Å². The maximum Gasteiger partial charge on any atom is 0.128 e. The number of nitriles is 1. The molecule has 0 bridgehead atoms. The van der Waals surface area contributed by atoms with Crippen LogP contribution >= 0.6 is 0 Å². The van der Waals surface area contributed by atoms with E-state index in [4.69, 9.17) is 5.26 Å². The predicted molar refractivity (Wildman–Crippen MR) is 47.5 cm³/mol. The Hall–Kier alpha value is -1.36. The van der Waals surface area contributed by atoms with Gasteiger partial charge in [-0.1, -0.05) is 18.2 Å². The lowest BCUT2D eigenvalue weighted by Crippen LogP contribution is -2.33. The van der Waals surface area contributed by atoms with E-state index >= 15 is 0 Å². The summed E-state index contributed by atoms with van der Waals surface area (Å²) >= 11 is 0. The molecule has 0 spiro atoms. The number of nitrogens with zero attached hydrogens (tertiary/aromatic N) is 1. The topological polar surface area (TPSA) is 23.8 Å². The van der Waals surface area contributed by atoms with Crippen LogP contribution in [-0.4, -0.2) is 0 Å². The van der Waals surface area contributed by atoms with Crippen LogP contribution in [0.1, 0.15) is 24.8 Å². The molecule has 1 aliphatic rings. The first-order chi connectivity index (χ1) is 6.28. The normalized spacial score (nSPS) is 18.8. The molecule has 2 rings (SSSR count). The van der Waals surface area contributed by atoms with Crippen molar-refractivity contribution in [3.05, 3.63) is 35.6 Å². The molecule has 0 N–H and O–H groups in total. The van der Waals surface area contributed by atoms with Crippen LogP contribution < -0.4 is 0 Å². The van der Waals surface area contributed by atoms with Crippen LogP contribution in [0.25, 0.3) is 0 Å². The van der Waals surface area contributed by atoms with Crippen LogP contribution in [0, 0.1) is 17.1 Å². The molecule has 2 heteroatoms. The molecule has 0 unspecified atom stereocenters. The van der Waals surface area contributed by atoms with Gasteiger partial charge < -0.3 is 0 Å². The van der Waals surface area contributed by atoms with Crippen LogP contribution in [0.2, 0.25) is 0 Å². The second kappa shape index (κ2) is 2.85. The zero-order valence-electron chi connectivity index (χ0n) is 7.26. The van der Waals surface area contributed by atoms with Gasteiger partial charge in [-0.15, -0.1) is 0 Å². The Morgan fingerprint density at radius 2 is 2.00 bits per heavy atom. The summed E-state index contributed by atoms with van der Waals surface area (Å²) in [7, 11) is 0. The molecule has 0 saturated heterocycles. The van der Waals surface area contributed by atoms with E-state index in [0.717, 1.165) is 19.3 Å². The van der Waals surface area contributed by atoms with Crippen LogP contribution in [0.4, 0.5) is 4.39 Å². The Morgan fingerprint density at radius 3 is 2.46 bits per heavy atom. The fraction of sp³-hybridized carbons (Fsp3) is 0.364. The minimum absolute atomic E-state index is 0.247. The molecule has 0 atom stereocenters. The summed E-state index contributed by atoms with van der Waals surface area (Å²) in [5.41, 5.74) is 0.0504. The van der Waals surface area contributed by atoms with Crippen molar-refractivity contribution in [1.82, 2.24) is 0 Å². The molecule has 1 saturated carbocycles. The maximum atomic E-state index is 13.3.